The first-order chi connectivity index (χ1) is 12.2. The fraction of sp³-hybridized carbons (Fsp3) is 0.619. The molecule has 0 saturated carbocycles. The molecule has 144 valence electrons. The average molecular weight is 360 g/mol. The number of carbonyl (C=O) groups is 2. The standard InChI is InChI=1S/C21H32N2O3/c1-15(2)17(16-10-7-6-8-11-16)14-22-19(24)18-12-9-13-23(18)20(25)26-21(3,4)5/h6-8,10-11,15,17-18H,9,12-14H2,1-5H3,(H,22,24)/t17?,18-/m0/s1. The van der Waals surface area contributed by atoms with Crippen molar-refractivity contribution in [2.45, 2.75) is 65.0 Å². The van der Waals surface area contributed by atoms with Gasteiger partial charge in [-0.25, -0.2) is 4.79 Å². The van der Waals surface area contributed by atoms with Gasteiger partial charge in [0, 0.05) is 19.0 Å². The van der Waals surface area contributed by atoms with Crippen molar-refractivity contribution in [3.63, 3.8) is 0 Å². The Bertz CT molecular complexity index is 607. The molecule has 1 unspecified atom stereocenters. The molecule has 5 nitrogen and oxygen atoms in total. The van der Waals surface area contributed by atoms with Gasteiger partial charge in [-0.3, -0.25) is 9.69 Å². The van der Waals surface area contributed by atoms with Crippen LogP contribution in [0.5, 0.6) is 0 Å². The second kappa shape index (κ2) is 8.56. The molecule has 5 heteroatoms. The summed E-state index contributed by atoms with van der Waals surface area (Å²) in [6, 6.07) is 9.80. The topological polar surface area (TPSA) is 58.6 Å². The van der Waals surface area contributed by atoms with Gasteiger partial charge >= 0.3 is 6.09 Å². The minimum absolute atomic E-state index is 0.0880. The highest BCUT2D eigenvalue weighted by Crippen LogP contribution is 2.24. The molecule has 0 aromatic heterocycles. The summed E-state index contributed by atoms with van der Waals surface area (Å²) in [5, 5.41) is 3.06. The third-order valence-electron chi connectivity index (χ3n) is 4.71. The Morgan fingerprint density at radius 2 is 1.88 bits per heavy atom. The van der Waals surface area contributed by atoms with Crippen molar-refractivity contribution < 1.29 is 14.3 Å². The number of nitrogens with zero attached hydrogens (tertiary/aromatic N) is 1. The highest BCUT2D eigenvalue weighted by molar-refractivity contribution is 5.86. The van der Waals surface area contributed by atoms with Crippen LogP contribution in [0.15, 0.2) is 30.3 Å². The molecule has 0 bridgehead atoms. The van der Waals surface area contributed by atoms with E-state index in [2.05, 4.69) is 31.3 Å². The molecule has 26 heavy (non-hydrogen) atoms. The molecule has 0 radical (unpaired) electrons. The van der Waals surface area contributed by atoms with E-state index in [1.807, 2.05) is 39.0 Å². The zero-order chi connectivity index (χ0) is 19.3. The molecule has 1 heterocycles. The van der Waals surface area contributed by atoms with Crippen molar-refractivity contribution in [1.82, 2.24) is 10.2 Å². The fourth-order valence-electron chi connectivity index (χ4n) is 3.35. The summed E-state index contributed by atoms with van der Waals surface area (Å²) in [5.74, 6) is 0.565. The molecule has 2 rings (SSSR count). The van der Waals surface area contributed by atoms with E-state index in [9.17, 15) is 9.59 Å². The van der Waals surface area contributed by atoms with E-state index in [0.717, 1.165) is 6.42 Å². The monoisotopic (exact) mass is 360 g/mol. The SMILES string of the molecule is CC(C)C(CNC(=O)[C@@H]1CCCN1C(=O)OC(C)(C)C)c1ccccc1. The Kier molecular flexibility index (Phi) is 6.68. The number of likely N-dealkylation sites (tertiary alicyclic amines) is 1. The number of hydrogen-bond donors (Lipinski definition) is 1. The predicted octanol–water partition coefficient (Wildman–Crippen LogP) is 3.94. The summed E-state index contributed by atoms with van der Waals surface area (Å²) in [7, 11) is 0. The van der Waals surface area contributed by atoms with Crippen LogP contribution >= 0.6 is 0 Å². The lowest BCUT2D eigenvalue weighted by atomic mass is 9.88. The van der Waals surface area contributed by atoms with Crippen LogP contribution in [0.2, 0.25) is 0 Å². The lowest BCUT2D eigenvalue weighted by molar-refractivity contribution is -0.125. The third-order valence-corrected chi connectivity index (χ3v) is 4.71. The number of benzene rings is 1. The first-order valence-electron chi connectivity index (χ1n) is 9.51. The summed E-state index contributed by atoms with van der Waals surface area (Å²) >= 11 is 0. The smallest absolute Gasteiger partial charge is 0.410 e. The van der Waals surface area contributed by atoms with Crippen LogP contribution in [-0.2, 0) is 9.53 Å². The number of carbonyl (C=O) groups excluding carboxylic acids is 2. The van der Waals surface area contributed by atoms with Gasteiger partial charge in [0.1, 0.15) is 11.6 Å². The normalized spacial score (nSPS) is 18.7. The van der Waals surface area contributed by atoms with Gasteiger partial charge in [0.05, 0.1) is 0 Å². The molecule has 1 aromatic carbocycles. The largest absolute Gasteiger partial charge is 0.444 e. The maximum absolute atomic E-state index is 12.7. The van der Waals surface area contributed by atoms with Gasteiger partial charge < -0.3 is 10.1 Å². The quantitative estimate of drug-likeness (QED) is 0.865. The molecule has 0 aliphatic carbocycles. The van der Waals surface area contributed by atoms with Gasteiger partial charge in [-0.1, -0.05) is 44.2 Å². The molecule has 0 spiro atoms. The van der Waals surface area contributed by atoms with E-state index in [-0.39, 0.29) is 11.8 Å². The first kappa shape index (κ1) is 20.3. The van der Waals surface area contributed by atoms with E-state index in [1.165, 1.54) is 5.56 Å². The highest BCUT2D eigenvalue weighted by Gasteiger charge is 2.36. The van der Waals surface area contributed by atoms with Crippen LogP contribution in [0.4, 0.5) is 4.79 Å². The van der Waals surface area contributed by atoms with E-state index in [1.54, 1.807) is 4.90 Å². The number of ether oxygens (including phenoxy) is 1. The first-order valence-corrected chi connectivity index (χ1v) is 9.51. The van der Waals surface area contributed by atoms with E-state index in [0.29, 0.717) is 25.4 Å². The van der Waals surface area contributed by atoms with Crippen LogP contribution in [0, 0.1) is 5.92 Å². The van der Waals surface area contributed by atoms with Crippen molar-refractivity contribution >= 4 is 12.0 Å². The Morgan fingerprint density at radius 1 is 1.23 bits per heavy atom. The Hall–Kier alpha value is -2.04. The van der Waals surface area contributed by atoms with Crippen LogP contribution in [-0.4, -0.2) is 41.6 Å². The Balaban J connectivity index is 1.98. The van der Waals surface area contributed by atoms with Crippen molar-refractivity contribution in [3.8, 4) is 0 Å². The summed E-state index contributed by atoms with van der Waals surface area (Å²) in [6.07, 6.45) is 1.10. The van der Waals surface area contributed by atoms with Crippen molar-refractivity contribution in [2.75, 3.05) is 13.1 Å². The van der Waals surface area contributed by atoms with Crippen molar-refractivity contribution in [3.05, 3.63) is 35.9 Å². The second-order valence-electron chi connectivity index (χ2n) is 8.34. The van der Waals surface area contributed by atoms with Crippen molar-refractivity contribution in [1.29, 1.82) is 0 Å². The highest BCUT2D eigenvalue weighted by atomic mass is 16.6. The fourth-order valence-corrected chi connectivity index (χ4v) is 3.35. The molecular weight excluding hydrogens is 328 g/mol. The molecule has 1 aromatic rings. The van der Waals surface area contributed by atoms with Gasteiger partial charge in [-0.2, -0.15) is 0 Å². The van der Waals surface area contributed by atoms with Crippen molar-refractivity contribution in [2.24, 2.45) is 5.92 Å². The van der Waals surface area contributed by atoms with E-state index < -0.39 is 17.7 Å². The number of rotatable bonds is 5. The molecule has 1 N–H and O–H groups in total. The zero-order valence-corrected chi connectivity index (χ0v) is 16.6. The zero-order valence-electron chi connectivity index (χ0n) is 16.6. The maximum atomic E-state index is 12.7. The summed E-state index contributed by atoms with van der Waals surface area (Å²) < 4.78 is 5.44. The summed E-state index contributed by atoms with van der Waals surface area (Å²) in [6.45, 7) is 11.0. The second-order valence-corrected chi connectivity index (χ2v) is 8.34. The van der Waals surface area contributed by atoms with Crippen LogP contribution in [0.25, 0.3) is 0 Å². The number of nitrogens with one attached hydrogen (secondary N) is 1. The van der Waals surface area contributed by atoms with Crippen LogP contribution < -0.4 is 5.32 Å². The molecule has 1 aliphatic heterocycles. The summed E-state index contributed by atoms with van der Waals surface area (Å²) in [4.78, 5) is 26.7. The molecule has 1 saturated heterocycles. The minimum Gasteiger partial charge on any atom is -0.444 e. The molecule has 1 fully saturated rings. The van der Waals surface area contributed by atoms with Crippen LogP contribution in [0.3, 0.4) is 0 Å². The number of hydrogen-bond acceptors (Lipinski definition) is 3. The summed E-state index contributed by atoms with van der Waals surface area (Å²) in [5.41, 5.74) is 0.662. The Labute approximate surface area is 157 Å². The van der Waals surface area contributed by atoms with Gasteiger partial charge in [-0.15, -0.1) is 0 Å². The van der Waals surface area contributed by atoms with Crippen LogP contribution in [0.1, 0.15) is 58.9 Å². The lowest BCUT2D eigenvalue weighted by Gasteiger charge is -2.29. The van der Waals surface area contributed by atoms with E-state index >= 15 is 0 Å². The average Bonchev–Trinajstić information content (AvgIpc) is 3.04. The van der Waals surface area contributed by atoms with Gasteiger partial charge in [0.15, 0.2) is 0 Å². The van der Waals surface area contributed by atoms with Gasteiger partial charge in [0.2, 0.25) is 5.91 Å². The number of amides is 2. The van der Waals surface area contributed by atoms with Gasteiger partial charge in [0.25, 0.3) is 0 Å². The lowest BCUT2D eigenvalue weighted by Crippen LogP contribution is -2.48. The molecular formula is C21H32N2O3. The van der Waals surface area contributed by atoms with Gasteiger partial charge in [-0.05, 0) is 45.1 Å². The molecule has 1 aliphatic rings. The maximum Gasteiger partial charge on any atom is 0.410 e. The van der Waals surface area contributed by atoms with E-state index in [4.69, 9.17) is 4.74 Å². The molecule has 2 amide bonds. The predicted molar refractivity (Wildman–Crippen MR) is 103 cm³/mol. The Morgan fingerprint density at radius 3 is 2.46 bits per heavy atom. The third kappa shape index (κ3) is 5.48. The minimum atomic E-state index is -0.559. The molecule has 2 atom stereocenters.